The Hall–Kier alpha value is -2.44. The van der Waals surface area contributed by atoms with Gasteiger partial charge >= 0.3 is 0 Å². The third-order valence-corrected chi connectivity index (χ3v) is 2.57. The zero-order valence-electron chi connectivity index (χ0n) is 10.2. The molecule has 4 nitrogen and oxygen atoms in total. The zero-order chi connectivity index (χ0) is 14.5. The van der Waals surface area contributed by atoms with Gasteiger partial charge in [0.05, 0.1) is 18.7 Å². The summed E-state index contributed by atoms with van der Waals surface area (Å²) < 4.78 is 39.7. The van der Waals surface area contributed by atoms with Gasteiger partial charge in [-0.25, -0.2) is 13.2 Å². The molecule has 20 heavy (non-hydrogen) atoms. The van der Waals surface area contributed by atoms with Gasteiger partial charge in [0.15, 0.2) is 11.6 Å². The monoisotopic (exact) mass is 281 g/mol. The van der Waals surface area contributed by atoms with Crippen molar-refractivity contribution < 1.29 is 18.0 Å². The molecule has 0 aliphatic carbocycles. The Morgan fingerprint density at radius 1 is 1.15 bits per heavy atom. The highest BCUT2D eigenvalue weighted by atomic mass is 19.2. The zero-order valence-corrected chi connectivity index (χ0v) is 10.2. The number of benzene rings is 1. The van der Waals surface area contributed by atoms with E-state index in [1.54, 1.807) is 12.1 Å². The van der Waals surface area contributed by atoms with Crippen molar-refractivity contribution in [1.29, 1.82) is 0 Å². The van der Waals surface area contributed by atoms with Gasteiger partial charge in [-0.15, -0.1) is 0 Å². The Morgan fingerprint density at radius 3 is 2.60 bits per heavy atom. The first-order valence-corrected chi connectivity index (χ1v) is 5.73. The van der Waals surface area contributed by atoms with Crippen LogP contribution in [0.1, 0.15) is 11.3 Å². The number of halogens is 3. The molecule has 0 aliphatic rings. The predicted octanol–water partition coefficient (Wildman–Crippen LogP) is 1.75. The summed E-state index contributed by atoms with van der Waals surface area (Å²) in [7, 11) is 0. The molecule has 1 N–H and O–H groups in total. The fraction of sp³-hybridized carbons (Fsp3) is 0.154. The van der Waals surface area contributed by atoms with Crippen LogP contribution in [0.5, 0.6) is 0 Å². The summed E-state index contributed by atoms with van der Waals surface area (Å²) in [6.45, 7) is 0.0746. The molecule has 0 spiro atoms. The Labute approximate surface area is 112 Å². The van der Waals surface area contributed by atoms with Crippen LogP contribution in [0.4, 0.5) is 13.2 Å². The molecule has 0 saturated heterocycles. The van der Waals surface area contributed by atoms with Crippen molar-refractivity contribution in [3.05, 3.63) is 59.2 Å². The van der Waals surface area contributed by atoms with Crippen molar-refractivity contribution in [3.63, 3.8) is 0 Å². The van der Waals surface area contributed by atoms with Crippen LogP contribution in [0, 0.1) is 17.5 Å². The first-order valence-electron chi connectivity index (χ1n) is 5.73. The lowest BCUT2D eigenvalue weighted by molar-refractivity contribution is -0.120. The largest absolute Gasteiger partial charge is 0.350 e. The lowest BCUT2D eigenvalue weighted by atomic mass is 10.1. The lowest BCUT2D eigenvalue weighted by Gasteiger charge is -2.07. The molecule has 1 aromatic carbocycles. The Balaban J connectivity index is 2.00. The van der Waals surface area contributed by atoms with Crippen molar-refractivity contribution in [3.8, 4) is 0 Å². The summed E-state index contributed by atoms with van der Waals surface area (Å²) >= 11 is 0. The van der Waals surface area contributed by atoms with Crippen LogP contribution >= 0.6 is 0 Å². The Morgan fingerprint density at radius 2 is 1.90 bits per heavy atom. The number of hydrogen-bond donors (Lipinski definition) is 1. The Kier molecular flexibility index (Phi) is 4.29. The van der Waals surface area contributed by atoms with Crippen molar-refractivity contribution >= 4 is 5.91 Å². The molecule has 0 unspecified atom stereocenters. The van der Waals surface area contributed by atoms with Crippen molar-refractivity contribution in [2.24, 2.45) is 0 Å². The smallest absolute Gasteiger partial charge is 0.224 e. The van der Waals surface area contributed by atoms with Gasteiger partial charge in [-0.3, -0.25) is 4.79 Å². The van der Waals surface area contributed by atoms with E-state index in [4.69, 9.17) is 0 Å². The van der Waals surface area contributed by atoms with Gasteiger partial charge in [0.1, 0.15) is 5.82 Å². The molecule has 7 heteroatoms. The van der Waals surface area contributed by atoms with E-state index >= 15 is 0 Å². The molecule has 2 aromatic rings. The second-order valence-corrected chi connectivity index (χ2v) is 3.99. The average molecular weight is 281 g/mol. The van der Waals surface area contributed by atoms with Crippen LogP contribution in [-0.4, -0.2) is 16.1 Å². The molecule has 0 fully saturated rings. The quantitative estimate of drug-likeness (QED) is 0.869. The highest BCUT2D eigenvalue weighted by Crippen LogP contribution is 2.16. The van der Waals surface area contributed by atoms with Gasteiger partial charge in [-0.2, -0.15) is 10.2 Å². The lowest BCUT2D eigenvalue weighted by Crippen LogP contribution is -2.26. The van der Waals surface area contributed by atoms with E-state index in [9.17, 15) is 18.0 Å². The summed E-state index contributed by atoms with van der Waals surface area (Å²) in [5, 5.41) is 9.77. The van der Waals surface area contributed by atoms with Gasteiger partial charge in [0.25, 0.3) is 0 Å². The highest BCUT2D eigenvalue weighted by Gasteiger charge is 2.16. The van der Waals surface area contributed by atoms with Crippen LogP contribution < -0.4 is 5.32 Å². The maximum Gasteiger partial charge on any atom is 0.224 e. The number of amides is 1. The number of carbonyl (C=O) groups is 1. The van der Waals surface area contributed by atoms with Gasteiger partial charge < -0.3 is 5.32 Å². The SMILES string of the molecule is O=C(Cc1c(F)ccc(F)c1F)NCc1cccnn1. The molecular weight excluding hydrogens is 271 g/mol. The summed E-state index contributed by atoms with van der Waals surface area (Å²) in [5.41, 5.74) is -0.0947. The molecule has 2 rings (SSSR count). The summed E-state index contributed by atoms with van der Waals surface area (Å²) in [5.74, 6) is -4.14. The first kappa shape index (κ1) is 14.0. The number of rotatable bonds is 4. The molecule has 1 aromatic heterocycles. The standard InChI is InChI=1S/C13H10F3N3O/c14-10-3-4-11(15)13(16)9(10)6-12(20)17-7-8-2-1-5-18-19-8/h1-5H,6-7H2,(H,17,20). The molecule has 0 saturated carbocycles. The maximum atomic E-state index is 13.4. The minimum Gasteiger partial charge on any atom is -0.350 e. The van der Waals surface area contributed by atoms with Gasteiger partial charge in [0.2, 0.25) is 5.91 Å². The highest BCUT2D eigenvalue weighted by molar-refractivity contribution is 5.78. The van der Waals surface area contributed by atoms with E-state index in [0.29, 0.717) is 11.8 Å². The molecule has 1 amide bonds. The summed E-state index contributed by atoms with van der Waals surface area (Å²) in [4.78, 5) is 11.6. The van der Waals surface area contributed by atoms with Crippen molar-refractivity contribution in [2.75, 3.05) is 0 Å². The van der Waals surface area contributed by atoms with E-state index in [1.165, 1.54) is 6.20 Å². The maximum absolute atomic E-state index is 13.4. The van der Waals surface area contributed by atoms with E-state index in [0.717, 1.165) is 6.07 Å². The van der Waals surface area contributed by atoms with Gasteiger partial charge in [0, 0.05) is 11.8 Å². The molecule has 0 bridgehead atoms. The minimum absolute atomic E-state index is 0.0746. The normalized spacial score (nSPS) is 10.3. The van der Waals surface area contributed by atoms with Gasteiger partial charge in [-0.05, 0) is 24.3 Å². The summed E-state index contributed by atoms with van der Waals surface area (Å²) in [6.07, 6.45) is 0.887. The van der Waals surface area contributed by atoms with Crippen LogP contribution in [-0.2, 0) is 17.8 Å². The van der Waals surface area contributed by atoms with Crippen LogP contribution in [0.15, 0.2) is 30.5 Å². The number of carbonyl (C=O) groups excluding carboxylic acids is 1. The van der Waals surface area contributed by atoms with E-state index in [2.05, 4.69) is 15.5 Å². The number of hydrogen-bond acceptors (Lipinski definition) is 3. The topological polar surface area (TPSA) is 54.9 Å². The van der Waals surface area contributed by atoms with Gasteiger partial charge in [-0.1, -0.05) is 0 Å². The van der Waals surface area contributed by atoms with Crippen molar-refractivity contribution in [1.82, 2.24) is 15.5 Å². The average Bonchev–Trinajstić information content (AvgIpc) is 2.46. The van der Waals surface area contributed by atoms with Crippen LogP contribution in [0.2, 0.25) is 0 Å². The summed E-state index contributed by atoms with van der Waals surface area (Å²) in [6, 6.07) is 4.73. The van der Waals surface area contributed by atoms with Crippen LogP contribution in [0.3, 0.4) is 0 Å². The number of nitrogens with one attached hydrogen (secondary N) is 1. The fourth-order valence-electron chi connectivity index (χ4n) is 1.57. The number of nitrogens with zero attached hydrogens (tertiary/aromatic N) is 2. The third kappa shape index (κ3) is 3.31. The first-order chi connectivity index (χ1) is 9.58. The van der Waals surface area contributed by atoms with E-state index in [1.807, 2.05) is 0 Å². The molecule has 0 aliphatic heterocycles. The second-order valence-electron chi connectivity index (χ2n) is 3.99. The van der Waals surface area contributed by atoms with E-state index < -0.39 is 35.3 Å². The Bertz CT molecular complexity index is 620. The van der Waals surface area contributed by atoms with E-state index in [-0.39, 0.29) is 6.54 Å². The van der Waals surface area contributed by atoms with Crippen molar-refractivity contribution in [2.45, 2.75) is 13.0 Å². The minimum atomic E-state index is -1.35. The molecule has 0 radical (unpaired) electrons. The number of aromatic nitrogens is 2. The third-order valence-electron chi connectivity index (χ3n) is 2.57. The predicted molar refractivity (Wildman–Crippen MR) is 63.9 cm³/mol. The molecule has 0 atom stereocenters. The molecular formula is C13H10F3N3O. The van der Waals surface area contributed by atoms with Crippen LogP contribution in [0.25, 0.3) is 0 Å². The fourth-order valence-corrected chi connectivity index (χ4v) is 1.57. The second kappa shape index (κ2) is 6.14. The molecule has 1 heterocycles. The molecule has 104 valence electrons.